The van der Waals surface area contributed by atoms with Gasteiger partial charge < -0.3 is 9.85 Å². The first kappa shape index (κ1) is 22.8. The summed E-state index contributed by atoms with van der Waals surface area (Å²) in [5.74, 6) is 6.07. The summed E-state index contributed by atoms with van der Waals surface area (Å²) < 4.78 is 13.8. The molecule has 4 nitrogen and oxygen atoms in total. The van der Waals surface area contributed by atoms with Crippen molar-refractivity contribution < 1.29 is 301 Å². The number of hydrogen-bond acceptors (Lipinski definition) is 4. The van der Waals surface area contributed by atoms with Crippen molar-refractivity contribution in [3.63, 3.8) is 0 Å². The minimum Gasteiger partial charge on any atom is -0.447 e. The molecule has 0 radical (unpaired) electrons. The Balaban J connectivity index is -0.000000000257. The van der Waals surface area contributed by atoms with Gasteiger partial charge in [-0.15, -0.1) is 0 Å². The van der Waals surface area contributed by atoms with Crippen molar-refractivity contribution in [3.8, 4) is 11.8 Å². The number of esters is 1. The Morgan fingerprint density at radius 3 is 2.63 bits per heavy atom. The molecule has 1 saturated carbocycles. The van der Waals surface area contributed by atoms with Crippen LogP contribution in [0, 0.1) is 30.6 Å². The average molecular weight is 820 g/mol. The molecule has 0 amide bonds. The van der Waals surface area contributed by atoms with E-state index >= 15 is 0 Å². The van der Waals surface area contributed by atoms with Crippen molar-refractivity contribution in [2.24, 2.45) is 11.8 Å². The van der Waals surface area contributed by atoms with E-state index in [2.05, 4.69) is 44.4 Å². The molecule has 1 N–H and O–H groups in total. The van der Waals surface area contributed by atoms with Gasteiger partial charge in [-0.2, -0.15) is 0 Å². The highest BCUT2D eigenvalue weighted by Gasteiger charge is 2.48. The number of carbonyl (C=O) groups is 1. The number of hydrogen-bond donors (Lipinski definition) is 1. The second kappa shape index (κ2) is 11.0. The van der Waals surface area contributed by atoms with Crippen LogP contribution in [0.25, 0.3) is 0 Å². The molecule has 30 heavy (non-hydrogen) atoms. The maximum atomic E-state index is 13.5. The monoisotopic (exact) mass is 819 g/mol. The van der Waals surface area contributed by atoms with E-state index in [0.717, 1.165) is 37.8 Å². The van der Waals surface area contributed by atoms with E-state index in [1.54, 1.807) is 6.92 Å². The second-order valence-electron chi connectivity index (χ2n) is 9.10. The van der Waals surface area contributed by atoms with Crippen LogP contribution in [0.4, 0.5) is 0 Å². The van der Waals surface area contributed by atoms with Crippen LogP contribution in [0.1, 0.15) is 358 Å². The Hall–Kier alpha value is -1.83. The fourth-order valence-corrected chi connectivity index (χ4v) is 4.35. The SMILES string of the molecule is [2H]OC(C(=O)OC(C)C#CCN(CC)C(C)C)(c1ccc(C)cc1)C1CCCC(C)C1.[HH].[HH].[HH].[HH].[HH].[HH].[HH].[HH].[HH].[HH].[HH].[HH].[HH].[HH].[HH].[HH].[HH].[HH].[HH].[HH].[HH].[HH].[HH].[HH].[HH].[HH].[HH].[HH].[HH].[HH].[HH].[HH].[HH].[HH].[HH].[HH].[HH].[HH].[HH].[HH].[HH].[HH].[HH].[HH].[HH].[HH].[HH].[HH].[HH].[HH].[HH].[HH].[HH].[HH].[HH].[HH].[HH].[HH].[HH].[HH].[HH].[HH].[HH].[HH].[HH].[HH].[HH].[HH].[HH].[HH].[HH].[HH].[HH].[HH].[HH].[HH].[HH].[HH].[HH].[HH].[HH].[HH].[HH].[HH].[HH].[HH].[HH].[HH].[HH].[HH].[HH].[HH].[HH].[HH].[HH].[HH].[HH].[HH].[HH].[HH].[HH].[HH].[HH].[HH].[HH].[HH].[HH].[HH].[HH].[HH].[HH].[HH].[HH].[HH].[HH].[HH].[HH].[HH].[HH].[HH].[HH].[HH].[HH].[HH].[HH].[HH].[HH].[HH].[HH].[HH].[HH].[HH].[HH].[HH].[HH].[HH].[HH].[HH].[HH].[HH].[HH].[HH].[HH].[HH].[HH].[HH].[HH].[HH].[HH].[HH].[HH].[HH].[HH].[HH].[HH].[HH].[HH].[HH].[HH].[HH].[HH].[HH].[HH].[HH].[HH].[HH].[HH].[HH].[HH].[HH].[HH].[HH].[HH].[HH].[HH].[HH].[HH].[HH].[HH].[HH].[HH].[HH].[HH].[HH].[HH].[HH].[HH].[HH].[HH].[HH].[HH].[HH].[HH].[HH].[HH].[HH].[HH].[HH].[HH].[HH].[HH]. The van der Waals surface area contributed by atoms with Crippen LogP contribution in [-0.2, 0) is 15.1 Å². The van der Waals surface area contributed by atoms with E-state index < -0.39 is 17.7 Å². The molecular formula is C26H441NO3. The summed E-state index contributed by atoms with van der Waals surface area (Å²) in [6.45, 7) is 13.9. The molecule has 0 aromatic heterocycles. The molecule has 0 bridgehead atoms. The third kappa shape index (κ3) is 6.09. The summed E-state index contributed by atoms with van der Waals surface area (Å²) in [5, 5.41) is 5.32. The lowest BCUT2D eigenvalue weighted by Gasteiger charge is -2.39. The highest BCUT2D eigenvalue weighted by atomic mass is 16.6. The van der Waals surface area contributed by atoms with Crippen LogP contribution in [0.5, 0.6) is 0 Å². The van der Waals surface area contributed by atoms with E-state index in [-0.39, 0.29) is 293 Å². The molecule has 4 atom stereocenters. The fraction of sp³-hybridized carbons (Fsp3) is 0.654. The largest absolute Gasteiger partial charge is 0.447 e. The summed E-state index contributed by atoms with van der Waals surface area (Å²) >= 11 is 0. The Kier molecular flexibility index (Phi) is 8.36. The van der Waals surface area contributed by atoms with Crippen LogP contribution in [-0.4, -0.2) is 42.6 Å². The number of carbonyl (C=O) groups excluding carboxylic acids is 1. The molecule has 0 saturated heterocycles. The first-order valence-corrected chi connectivity index (χ1v) is 11.4. The number of rotatable bonds is 8. The zero-order valence-electron chi connectivity index (χ0n) is 20.5. The molecule has 4 unspecified atom stereocenters. The predicted octanol–water partition coefficient (Wildman–Crippen LogP) is 54.1. The zero-order chi connectivity index (χ0) is 23.0. The molecule has 0 spiro atoms. The molecule has 4 heteroatoms. The number of nitrogens with zero attached hydrogens (tertiary/aromatic N) is 1. The van der Waals surface area contributed by atoms with Gasteiger partial charge >= 0.3 is 5.97 Å². The van der Waals surface area contributed by atoms with Crippen molar-refractivity contribution in [3.05, 3.63) is 35.4 Å². The quantitative estimate of drug-likeness (QED) is 0.210. The lowest BCUT2D eigenvalue weighted by molar-refractivity contribution is -0.178. The maximum absolute atomic E-state index is 13.5. The summed E-state index contributed by atoms with van der Waals surface area (Å²) in [6.07, 6.45) is 3.26. The minimum absolute atomic E-state index is 0. The van der Waals surface area contributed by atoms with Crippen LogP contribution >= 0.6 is 0 Å². The molecule has 0 aliphatic heterocycles. The molecule has 1 aliphatic rings. The van der Waals surface area contributed by atoms with Crippen LogP contribution < -0.4 is 0 Å². The van der Waals surface area contributed by atoms with Crippen LogP contribution in [0.2, 0.25) is 0 Å². The standard InChI is InChI=1S/C26H39NO3.201H2/c1-7-27(19(2)3)17-9-11-22(6)30-25(28)26(29,23-15-13-20(4)14-16-23)24-12-8-10-21(5)18-24;;;;;;;;;;;;;;;;;;;;;;;;;;;;;;;;;;;;;;;;;;;;;;;;;;;;;;;;;;;;;;;;;;;;;;;;;;;;;;;;;;;;;;;;;;;;;;;;;;;;;;;;;;;;;;;;;;;;;;;;;;;;;;;;;;;;;;;;;;;;;;;;;;;;;;;;;;;;;;;;;;;;;;;;;;;;;;;;;;;;;;;;;;;;;;;;;;;;;;;;;/h13-16,19,21-22,24,29H,7-8,10,12,17-18H2,1-6H3;201*1H/i29D;;;;;;;;;;;;;;;;;;;;;;;;;;;;;;;;;;;;;;;;;;;;;;;;;;;;;;;;;;;;;;;;;;;;;;;;;;;;;;;;;;;;;;;;;;;;;;;;;;;;;;;;;;;;;;;;;;;;;;;;;;;;;;;;;;;;;;;;;;;;;;;;;;;;;;;;;;;;;;;;;;;;;;;;;;;;;;;;;;;;;;;;;;;;;;;;;;;;;;;;;. The molecule has 568 valence electrons. The van der Waals surface area contributed by atoms with Gasteiger partial charge in [0.1, 0.15) is 0 Å². The molecule has 1 aliphatic carbocycles. The van der Waals surface area contributed by atoms with Gasteiger partial charge in [0.2, 0.25) is 1.43 Å². The van der Waals surface area contributed by atoms with E-state index in [4.69, 9.17) is 11.3 Å². The third-order valence-electron chi connectivity index (χ3n) is 6.30. The van der Waals surface area contributed by atoms with E-state index in [1.165, 1.54) is 0 Å². The van der Waals surface area contributed by atoms with E-state index in [1.807, 2.05) is 31.2 Å². The summed E-state index contributed by atoms with van der Waals surface area (Å²) in [5.41, 5.74) is 0.360. The zero-order valence-corrected chi connectivity index (χ0v) is 19.5. The van der Waals surface area contributed by atoms with Gasteiger partial charge in [-0.3, -0.25) is 4.90 Å². The maximum Gasteiger partial charge on any atom is 0.344 e. The first-order valence-electron chi connectivity index (χ1n) is 11.8. The number of benzene rings is 1. The Morgan fingerprint density at radius 2 is 2.07 bits per heavy atom. The molecule has 1 aromatic carbocycles. The van der Waals surface area contributed by atoms with E-state index in [9.17, 15) is 4.79 Å². The predicted molar refractivity (Wildman–Crippen MR) is 547 cm³/mol. The first-order chi connectivity index (χ1) is 14.7. The average Bonchev–Trinajstić information content (AvgIpc) is 2.73. The van der Waals surface area contributed by atoms with Gasteiger partial charge in [0, 0.05) is 299 Å². The molecule has 1 fully saturated rings. The molecule has 0 heterocycles. The van der Waals surface area contributed by atoms with Crippen LogP contribution in [0.3, 0.4) is 0 Å². The van der Waals surface area contributed by atoms with Crippen LogP contribution in [0.15, 0.2) is 24.3 Å². The number of aryl methyl sites for hydroxylation is 1. The van der Waals surface area contributed by atoms with Crippen molar-refractivity contribution >= 4 is 5.97 Å². The van der Waals surface area contributed by atoms with Crippen molar-refractivity contribution in [2.75, 3.05) is 13.1 Å². The third-order valence-corrected chi connectivity index (χ3v) is 6.30. The Bertz CT molecular complexity index is 890. The topological polar surface area (TPSA) is 49.8 Å². The molecular weight excluding hydrogens is 374 g/mol. The van der Waals surface area contributed by atoms with Crippen molar-refractivity contribution in [2.45, 2.75) is 85.0 Å². The summed E-state index contributed by atoms with van der Waals surface area (Å²) in [6, 6.07) is 8.11. The van der Waals surface area contributed by atoms with E-state index in [0.29, 0.717) is 24.1 Å². The summed E-state index contributed by atoms with van der Waals surface area (Å²) in [7, 11) is 0. The number of ether oxygens (including phenoxy) is 1. The van der Waals surface area contributed by atoms with Crippen molar-refractivity contribution in [1.29, 1.82) is 1.43 Å². The molecule has 2 rings (SSSR count). The number of aliphatic hydroxyl groups is 1. The highest BCUT2D eigenvalue weighted by Crippen LogP contribution is 2.42. The lowest BCUT2D eigenvalue weighted by Crippen LogP contribution is -2.46. The van der Waals surface area contributed by atoms with Gasteiger partial charge in [-0.1, -0.05) is 68.4 Å². The van der Waals surface area contributed by atoms with Crippen molar-refractivity contribution in [1.82, 2.24) is 4.90 Å². The van der Waals surface area contributed by atoms with Gasteiger partial charge in [0.25, 0.3) is 0 Å². The minimum atomic E-state index is -1.42. The normalized spacial score (nSPS) is 22.6. The fourth-order valence-electron chi connectivity index (χ4n) is 4.35. The second-order valence-corrected chi connectivity index (χ2v) is 9.10. The Morgan fingerprint density at radius 1 is 1.37 bits per heavy atom. The van der Waals surface area contributed by atoms with Gasteiger partial charge in [0.05, 0.1) is 6.54 Å². The molecule has 1 aromatic rings. The highest BCUT2D eigenvalue weighted by molar-refractivity contribution is 5.82. The van der Waals surface area contributed by atoms with Gasteiger partial charge in [-0.25, -0.2) is 4.79 Å². The van der Waals surface area contributed by atoms with Gasteiger partial charge in [-0.05, 0) is 58.6 Å². The summed E-state index contributed by atoms with van der Waals surface area (Å²) in [4.78, 5) is 15.8. The smallest absolute Gasteiger partial charge is 0.344 e. The van der Waals surface area contributed by atoms with Gasteiger partial charge in [0.15, 0.2) is 11.7 Å². The Labute approximate surface area is 482 Å². The lowest BCUT2D eigenvalue weighted by atomic mass is 9.70.